The normalized spacial score (nSPS) is 15.7. The van der Waals surface area contributed by atoms with Gasteiger partial charge in [-0.05, 0) is 18.6 Å². The predicted molar refractivity (Wildman–Crippen MR) is 75.2 cm³/mol. The van der Waals surface area contributed by atoms with Crippen molar-refractivity contribution in [3.05, 3.63) is 30.2 Å². The third-order valence-corrected chi connectivity index (χ3v) is 3.20. The second-order valence-corrected chi connectivity index (χ2v) is 4.53. The fourth-order valence-electron chi connectivity index (χ4n) is 2.24. The van der Waals surface area contributed by atoms with E-state index in [4.69, 9.17) is 4.74 Å². The Labute approximate surface area is 112 Å². The Morgan fingerprint density at radius 3 is 2.84 bits per heavy atom. The number of morpholine rings is 1. The predicted octanol–water partition coefficient (Wildman–Crippen LogP) is 1.81. The van der Waals surface area contributed by atoms with Gasteiger partial charge >= 0.3 is 0 Å². The van der Waals surface area contributed by atoms with Gasteiger partial charge in [-0.25, -0.2) is 9.97 Å². The summed E-state index contributed by atoms with van der Waals surface area (Å²) in [6, 6.07) is 1.99. The van der Waals surface area contributed by atoms with Crippen molar-refractivity contribution >= 4 is 22.9 Å². The van der Waals surface area contributed by atoms with E-state index in [1.165, 1.54) is 0 Å². The summed E-state index contributed by atoms with van der Waals surface area (Å²) in [7, 11) is 0. The molecule has 0 aliphatic carbocycles. The molecule has 2 aromatic heterocycles. The van der Waals surface area contributed by atoms with Crippen LogP contribution >= 0.6 is 0 Å². The van der Waals surface area contributed by atoms with E-state index in [0.717, 1.165) is 54.5 Å². The summed E-state index contributed by atoms with van der Waals surface area (Å²) in [6.07, 6.45) is 3.58. The van der Waals surface area contributed by atoms with Gasteiger partial charge in [0.1, 0.15) is 11.3 Å². The minimum absolute atomic E-state index is 0.731. The van der Waals surface area contributed by atoms with Crippen molar-refractivity contribution in [2.24, 2.45) is 0 Å². The fourth-order valence-corrected chi connectivity index (χ4v) is 2.24. The van der Waals surface area contributed by atoms with Gasteiger partial charge in [-0.2, -0.15) is 0 Å². The first-order chi connectivity index (χ1) is 9.28. The Morgan fingerprint density at radius 2 is 2.11 bits per heavy atom. The van der Waals surface area contributed by atoms with Gasteiger partial charge in [0.25, 0.3) is 0 Å². The molecule has 0 radical (unpaired) electrons. The molecule has 1 aliphatic heterocycles. The second-order valence-electron chi connectivity index (χ2n) is 4.53. The third kappa shape index (κ3) is 2.29. The zero-order chi connectivity index (χ0) is 13.2. The number of pyridine rings is 1. The van der Waals surface area contributed by atoms with Crippen LogP contribution in [0.5, 0.6) is 0 Å². The van der Waals surface area contributed by atoms with E-state index >= 15 is 0 Å². The Hall–Kier alpha value is -2.01. The first kappa shape index (κ1) is 12.0. The average Bonchev–Trinajstić information content (AvgIpc) is 2.46. The molecule has 3 heterocycles. The number of anilines is 1. The first-order valence-corrected chi connectivity index (χ1v) is 6.37. The van der Waals surface area contributed by atoms with Crippen molar-refractivity contribution in [3.8, 4) is 0 Å². The molecule has 0 atom stereocenters. The molecular weight excluding hydrogens is 240 g/mol. The largest absolute Gasteiger partial charge is 0.378 e. The van der Waals surface area contributed by atoms with Gasteiger partial charge in [0.15, 0.2) is 5.82 Å². The van der Waals surface area contributed by atoms with E-state index in [-0.39, 0.29) is 0 Å². The highest BCUT2D eigenvalue weighted by molar-refractivity contribution is 5.86. The Morgan fingerprint density at radius 1 is 1.32 bits per heavy atom. The number of aromatic nitrogens is 3. The molecule has 5 nitrogen and oxygen atoms in total. The topological polar surface area (TPSA) is 51.1 Å². The summed E-state index contributed by atoms with van der Waals surface area (Å²) in [5, 5.41) is 0. The quantitative estimate of drug-likeness (QED) is 0.820. The van der Waals surface area contributed by atoms with Crippen molar-refractivity contribution in [3.63, 3.8) is 0 Å². The molecular formula is C14H16N4O. The molecule has 0 N–H and O–H groups in total. The van der Waals surface area contributed by atoms with Crippen LogP contribution in [0.1, 0.15) is 11.4 Å². The monoisotopic (exact) mass is 256 g/mol. The molecule has 3 rings (SSSR count). The van der Waals surface area contributed by atoms with Crippen molar-refractivity contribution in [2.75, 3.05) is 31.2 Å². The fraction of sp³-hybridized carbons (Fsp3) is 0.357. The molecule has 0 spiro atoms. The van der Waals surface area contributed by atoms with Gasteiger partial charge in [-0.1, -0.05) is 12.7 Å². The molecule has 1 fully saturated rings. The van der Waals surface area contributed by atoms with Crippen LogP contribution in [0.25, 0.3) is 17.1 Å². The van der Waals surface area contributed by atoms with Gasteiger partial charge in [-0.15, -0.1) is 0 Å². The lowest BCUT2D eigenvalue weighted by molar-refractivity contribution is 0.122. The number of hydrogen-bond acceptors (Lipinski definition) is 5. The highest BCUT2D eigenvalue weighted by atomic mass is 16.5. The highest BCUT2D eigenvalue weighted by Gasteiger charge is 2.17. The summed E-state index contributed by atoms with van der Waals surface area (Å²) in [5.41, 5.74) is 2.68. The number of hydrogen-bond donors (Lipinski definition) is 0. The zero-order valence-corrected chi connectivity index (χ0v) is 11.0. The standard InChI is InChI=1S/C14H16N4O/c1-3-11-8-12-13(15-9-11)14(17-10(2)16-12)18-4-6-19-7-5-18/h3,8-9H,1,4-7H2,2H3. The lowest BCUT2D eigenvalue weighted by Crippen LogP contribution is -2.37. The Kier molecular flexibility index (Phi) is 3.13. The third-order valence-electron chi connectivity index (χ3n) is 3.20. The van der Waals surface area contributed by atoms with Crippen LogP contribution in [-0.4, -0.2) is 41.3 Å². The molecule has 1 aliphatic rings. The maximum absolute atomic E-state index is 5.38. The molecule has 0 saturated carbocycles. The molecule has 1 saturated heterocycles. The van der Waals surface area contributed by atoms with E-state index in [0.29, 0.717) is 0 Å². The molecule has 0 unspecified atom stereocenters. The minimum Gasteiger partial charge on any atom is -0.378 e. The second kappa shape index (κ2) is 4.93. The van der Waals surface area contributed by atoms with E-state index < -0.39 is 0 Å². The number of ether oxygens (including phenoxy) is 1. The lowest BCUT2D eigenvalue weighted by atomic mass is 10.2. The average molecular weight is 256 g/mol. The van der Waals surface area contributed by atoms with Crippen molar-refractivity contribution < 1.29 is 4.74 Å². The number of fused-ring (bicyclic) bond motifs is 1. The van der Waals surface area contributed by atoms with Gasteiger partial charge in [0.2, 0.25) is 0 Å². The number of rotatable bonds is 2. The van der Waals surface area contributed by atoms with Crippen LogP contribution in [0.3, 0.4) is 0 Å². The minimum atomic E-state index is 0.731. The smallest absolute Gasteiger partial charge is 0.159 e. The van der Waals surface area contributed by atoms with E-state index in [9.17, 15) is 0 Å². The van der Waals surface area contributed by atoms with Crippen molar-refractivity contribution in [1.82, 2.24) is 15.0 Å². The van der Waals surface area contributed by atoms with E-state index in [1.807, 2.05) is 13.0 Å². The Bertz CT molecular complexity index is 620. The summed E-state index contributed by atoms with van der Waals surface area (Å²) in [6.45, 7) is 8.82. The van der Waals surface area contributed by atoms with Gasteiger partial charge in [-0.3, -0.25) is 4.98 Å². The van der Waals surface area contributed by atoms with Crippen LogP contribution in [0.15, 0.2) is 18.8 Å². The molecule has 0 amide bonds. The summed E-state index contributed by atoms with van der Waals surface area (Å²) >= 11 is 0. The maximum Gasteiger partial charge on any atom is 0.159 e. The van der Waals surface area contributed by atoms with Crippen molar-refractivity contribution in [1.29, 1.82) is 0 Å². The summed E-state index contributed by atoms with van der Waals surface area (Å²) in [4.78, 5) is 15.7. The van der Waals surface area contributed by atoms with Crippen molar-refractivity contribution in [2.45, 2.75) is 6.92 Å². The molecule has 19 heavy (non-hydrogen) atoms. The first-order valence-electron chi connectivity index (χ1n) is 6.37. The summed E-state index contributed by atoms with van der Waals surface area (Å²) in [5.74, 6) is 1.67. The summed E-state index contributed by atoms with van der Waals surface area (Å²) < 4.78 is 5.38. The molecule has 0 aromatic carbocycles. The lowest BCUT2D eigenvalue weighted by Gasteiger charge is -2.28. The van der Waals surface area contributed by atoms with Gasteiger partial charge < -0.3 is 9.64 Å². The Balaban J connectivity index is 2.14. The van der Waals surface area contributed by atoms with Crippen LogP contribution in [0.2, 0.25) is 0 Å². The number of aryl methyl sites for hydroxylation is 1. The van der Waals surface area contributed by atoms with E-state index in [2.05, 4.69) is 26.4 Å². The molecule has 98 valence electrons. The molecule has 0 bridgehead atoms. The van der Waals surface area contributed by atoms with Gasteiger partial charge in [0, 0.05) is 19.3 Å². The van der Waals surface area contributed by atoms with Gasteiger partial charge in [0.05, 0.1) is 18.7 Å². The molecule has 5 heteroatoms. The number of nitrogens with zero attached hydrogens (tertiary/aromatic N) is 4. The van der Waals surface area contributed by atoms with E-state index in [1.54, 1.807) is 12.3 Å². The molecule has 2 aromatic rings. The van der Waals surface area contributed by atoms with Crippen LogP contribution in [-0.2, 0) is 4.74 Å². The highest BCUT2D eigenvalue weighted by Crippen LogP contribution is 2.23. The van der Waals surface area contributed by atoms with Crippen LogP contribution in [0, 0.1) is 6.92 Å². The van der Waals surface area contributed by atoms with Crippen LogP contribution in [0.4, 0.5) is 5.82 Å². The maximum atomic E-state index is 5.38. The zero-order valence-electron chi connectivity index (χ0n) is 11.0. The SMILES string of the molecule is C=Cc1cnc2c(N3CCOCC3)nc(C)nc2c1. The van der Waals surface area contributed by atoms with Crippen LogP contribution < -0.4 is 4.90 Å².